The second-order valence-corrected chi connectivity index (χ2v) is 4.78. The lowest BCUT2D eigenvalue weighted by molar-refractivity contribution is -0.144. The van der Waals surface area contributed by atoms with Crippen LogP contribution in [0.4, 0.5) is 0 Å². The molecule has 0 aromatic heterocycles. The number of hydrogen-bond acceptors (Lipinski definition) is 3. The Morgan fingerprint density at radius 1 is 1.28 bits per heavy atom. The number of aromatic hydroxyl groups is 1. The van der Waals surface area contributed by atoms with Gasteiger partial charge in [0.15, 0.2) is 0 Å². The van der Waals surface area contributed by atoms with E-state index in [1.54, 1.807) is 0 Å². The largest absolute Gasteiger partial charge is 0.508 e. The topological polar surface area (TPSA) is 86.6 Å². The van der Waals surface area contributed by atoms with Gasteiger partial charge in [0.2, 0.25) is 0 Å². The minimum absolute atomic E-state index is 0.00364. The third-order valence-electron chi connectivity index (χ3n) is 3.34. The number of rotatable bonds is 4. The van der Waals surface area contributed by atoms with Crippen molar-refractivity contribution in [2.75, 3.05) is 0 Å². The van der Waals surface area contributed by atoms with Gasteiger partial charge in [0.1, 0.15) is 11.3 Å². The summed E-state index contributed by atoms with van der Waals surface area (Å²) >= 11 is 0. The van der Waals surface area contributed by atoms with Crippen molar-refractivity contribution in [2.45, 2.75) is 25.3 Å². The number of carboxylic acids is 1. The molecule has 1 unspecified atom stereocenters. The van der Waals surface area contributed by atoms with Crippen LogP contribution in [0.25, 0.3) is 0 Å². The first-order chi connectivity index (χ1) is 8.43. The Balaban J connectivity index is 2.15. The first-order valence-electron chi connectivity index (χ1n) is 5.78. The van der Waals surface area contributed by atoms with Crippen LogP contribution in [-0.2, 0) is 4.79 Å². The predicted octanol–water partition coefficient (Wildman–Crippen LogP) is 1.38. The summed E-state index contributed by atoms with van der Waals surface area (Å²) in [6.07, 6.45) is 1.64. The van der Waals surface area contributed by atoms with E-state index in [4.69, 9.17) is 5.11 Å². The van der Waals surface area contributed by atoms with Gasteiger partial charge in [-0.05, 0) is 49.9 Å². The molecule has 1 atom stereocenters. The lowest BCUT2D eigenvalue weighted by Crippen LogP contribution is -2.54. The third-order valence-corrected chi connectivity index (χ3v) is 3.34. The van der Waals surface area contributed by atoms with E-state index in [0.717, 1.165) is 12.8 Å². The molecule has 0 bridgehead atoms. The number of carboxylic acid groups (broad SMARTS) is 1. The molecular formula is C13H15NO4. The first kappa shape index (κ1) is 12.4. The molecule has 1 aliphatic rings. The molecule has 0 aliphatic heterocycles. The fourth-order valence-corrected chi connectivity index (χ4v) is 1.91. The highest BCUT2D eigenvalue weighted by Crippen LogP contribution is 2.39. The van der Waals surface area contributed by atoms with E-state index in [0.29, 0.717) is 5.56 Å². The van der Waals surface area contributed by atoms with E-state index in [9.17, 15) is 14.7 Å². The first-order valence-corrected chi connectivity index (χ1v) is 5.78. The monoisotopic (exact) mass is 249 g/mol. The Bertz CT molecular complexity index is 478. The molecule has 0 spiro atoms. The van der Waals surface area contributed by atoms with Crippen molar-refractivity contribution >= 4 is 11.9 Å². The molecule has 0 radical (unpaired) electrons. The van der Waals surface area contributed by atoms with Gasteiger partial charge in [-0.25, -0.2) is 4.79 Å². The Morgan fingerprint density at radius 2 is 1.83 bits per heavy atom. The lowest BCUT2D eigenvalue weighted by Gasteiger charge is -2.26. The Morgan fingerprint density at radius 3 is 2.28 bits per heavy atom. The quantitative estimate of drug-likeness (QED) is 0.752. The summed E-state index contributed by atoms with van der Waals surface area (Å²) in [7, 11) is 0. The maximum Gasteiger partial charge on any atom is 0.329 e. The number of phenols is 1. The summed E-state index contributed by atoms with van der Waals surface area (Å²) in [4.78, 5) is 23.2. The summed E-state index contributed by atoms with van der Waals surface area (Å²) in [6, 6.07) is 5.70. The van der Waals surface area contributed by atoms with Gasteiger partial charge in [-0.2, -0.15) is 0 Å². The number of benzene rings is 1. The van der Waals surface area contributed by atoms with E-state index in [2.05, 4.69) is 5.32 Å². The van der Waals surface area contributed by atoms with Crippen LogP contribution >= 0.6 is 0 Å². The van der Waals surface area contributed by atoms with Gasteiger partial charge in [0.25, 0.3) is 5.91 Å². The fourth-order valence-electron chi connectivity index (χ4n) is 1.91. The van der Waals surface area contributed by atoms with Gasteiger partial charge in [0.05, 0.1) is 0 Å². The van der Waals surface area contributed by atoms with Gasteiger partial charge in [-0.3, -0.25) is 4.79 Å². The van der Waals surface area contributed by atoms with E-state index in [1.807, 2.05) is 0 Å². The zero-order valence-corrected chi connectivity index (χ0v) is 10.0. The van der Waals surface area contributed by atoms with Crippen molar-refractivity contribution in [1.82, 2.24) is 5.32 Å². The second-order valence-electron chi connectivity index (χ2n) is 4.78. The highest BCUT2D eigenvalue weighted by molar-refractivity contribution is 5.98. The number of nitrogens with one attached hydrogen (secondary N) is 1. The van der Waals surface area contributed by atoms with Crippen LogP contribution in [-0.4, -0.2) is 27.6 Å². The molecule has 1 aromatic carbocycles. The molecule has 96 valence electrons. The molecule has 1 fully saturated rings. The summed E-state index contributed by atoms with van der Waals surface area (Å²) < 4.78 is 0. The third kappa shape index (κ3) is 2.30. The van der Waals surface area contributed by atoms with E-state index < -0.39 is 17.4 Å². The Hall–Kier alpha value is -2.04. The molecule has 0 saturated heterocycles. The van der Waals surface area contributed by atoms with Crippen molar-refractivity contribution in [3.8, 4) is 5.75 Å². The van der Waals surface area contributed by atoms with Crippen molar-refractivity contribution in [3.63, 3.8) is 0 Å². The lowest BCUT2D eigenvalue weighted by atomic mass is 9.95. The second kappa shape index (κ2) is 4.33. The molecule has 0 heterocycles. The molecule has 3 N–H and O–H groups in total. The number of carbonyl (C=O) groups is 2. The van der Waals surface area contributed by atoms with Crippen LogP contribution in [0.1, 0.15) is 30.1 Å². The number of aliphatic carboxylic acids is 1. The molecule has 1 amide bonds. The molecular weight excluding hydrogens is 234 g/mol. The van der Waals surface area contributed by atoms with Crippen LogP contribution in [0.2, 0.25) is 0 Å². The van der Waals surface area contributed by atoms with Gasteiger partial charge in [-0.1, -0.05) is 0 Å². The average Bonchev–Trinajstić information content (AvgIpc) is 3.13. The van der Waals surface area contributed by atoms with Crippen molar-refractivity contribution in [1.29, 1.82) is 0 Å². The van der Waals surface area contributed by atoms with E-state index in [-0.39, 0.29) is 11.7 Å². The highest BCUT2D eigenvalue weighted by Gasteiger charge is 2.48. The van der Waals surface area contributed by atoms with Crippen LogP contribution in [0, 0.1) is 5.92 Å². The molecule has 5 nitrogen and oxygen atoms in total. The maximum absolute atomic E-state index is 12.0. The zero-order valence-electron chi connectivity index (χ0n) is 10.0. The minimum atomic E-state index is -1.21. The Kier molecular flexibility index (Phi) is 2.98. The smallest absolute Gasteiger partial charge is 0.329 e. The number of carbonyl (C=O) groups excluding carboxylic acids is 1. The van der Waals surface area contributed by atoms with Crippen molar-refractivity contribution < 1.29 is 19.8 Å². The van der Waals surface area contributed by atoms with Gasteiger partial charge >= 0.3 is 5.97 Å². The maximum atomic E-state index is 12.0. The fraction of sp³-hybridized carbons (Fsp3) is 0.385. The van der Waals surface area contributed by atoms with E-state index in [1.165, 1.54) is 31.2 Å². The predicted molar refractivity (Wildman–Crippen MR) is 64.3 cm³/mol. The van der Waals surface area contributed by atoms with E-state index >= 15 is 0 Å². The van der Waals surface area contributed by atoms with Crippen LogP contribution < -0.4 is 5.32 Å². The molecule has 5 heteroatoms. The number of amides is 1. The van der Waals surface area contributed by atoms with Gasteiger partial charge in [-0.15, -0.1) is 0 Å². The normalized spacial score (nSPS) is 17.8. The summed E-state index contributed by atoms with van der Waals surface area (Å²) in [6.45, 7) is 1.53. The van der Waals surface area contributed by atoms with Gasteiger partial charge in [0, 0.05) is 5.56 Å². The van der Waals surface area contributed by atoms with Crippen molar-refractivity contribution in [2.24, 2.45) is 5.92 Å². The van der Waals surface area contributed by atoms with Crippen LogP contribution in [0.3, 0.4) is 0 Å². The molecule has 1 aliphatic carbocycles. The molecule has 1 saturated carbocycles. The Labute approximate surface area is 104 Å². The summed E-state index contributed by atoms with van der Waals surface area (Å²) in [5, 5.41) is 20.9. The minimum Gasteiger partial charge on any atom is -0.508 e. The average molecular weight is 249 g/mol. The highest BCUT2D eigenvalue weighted by atomic mass is 16.4. The standard InChI is InChI=1S/C13H15NO4/c1-13(12(17)18,9-4-5-9)14-11(16)8-2-6-10(15)7-3-8/h2-3,6-7,9,15H,4-5H2,1H3,(H,14,16)(H,17,18). The van der Waals surface area contributed by atoms with Crippen LogP contribution in [0.15, 0.2) is 24.3 Å². The number of hydrogen-bond donors (Lipinski definition) is 3. The SMILES string of the molecule is CC(NC(=O)c1ccc(O)cc1)(C(=O)O)C1CC1. The van der Waals surface area contributed by atoms with Crippen LogP contribution in [0.5, 0.6) is 5.75 Å². The summed E-state index contributed by atoms with van der Waals surface area (Å²) in [5.74, 6) is -1.39. The summed E-state index contributed by atoms with van der Waals surface area (Å²) in [5.41, 5.74) is -0.879. The number of phenolic OH excluding ortho intramolecular Hbond substituents is 1. The zero-order chi connectivity index (χ0) is 13.3. The van der Waals surface area contributed by atoms with Gasteiger partial charge < -0.3 is 15.5 Å². The molecule has 18 heavy (non-hydrogen) atoms. The molecule has 2 rings (SSSR count). The molecule has 1 aromatic rings. The van der Waals surface area contributed by atoms with Crippen molar-refractivity contribution in [3.05, 3.63) is 29.8 Å².